The van der Waals surface area contributed by atoms with Gasteiger partial charge >= 0.3 is 6.09 Å². The minimum absolute atomic E-state index is 0.0937. The summed E-state index contributed by atoms with van der Waals surface area (Å²) in [5, 5.41) is 16.6. The van der Waals surface area contributed by atoms with Gasteiger partial charge in [0.25, 0.3) is 0 Å². The van der Waals surface area contributed by atoms with Crippen LogP contribution in [0.2, 0.25) is 0 Å². The average molecular weight is 361 g/mol. The lowest BCUT2D eigenvalue weighted by atomic mass is 10.1. The Hall–Kier alpha value is -2.77. The van der Waals surface area contributed by atoms with Crippen molar-refractivity contribution in [2.45, 2.75) is 51.1 Å². The van der Waals surface area contributed by atoms with Crippen molar-refractivity contribution in [2.24, 2.45) is 5.11 Å². The minimum atomic E-state index is -1.31. The maximum atomic E-state index is 12.6. The van der Waals surface area contributed by atoms with Crippen LogP contribution in [-0.4, -0.2) is 52.3 Å². The molecule has 3 atom stereocenters. The Morgan fingerprint density at radius 2 is 2.04 bits per heavy atom. The predicted octanol–water partition coefficient (Wildman–Crippen LogP) is 1.96. The summed E-state index contributed by atoms with van der Waals surface area (Å²) < 4.78 is 5.30. The minimum Gasteiger partial charge on any atom is -0.444 e. The smallest absolute Gasteiger partial charge is 0.411 e. The first kappa shape index (κ1) is 19.6. The zero-order valence-corrected chi connectivity index (χ0v) is 15.0. The second kappa shape index (κ2) is 8.07. The van der Waals surface area contributed by atoms with Crippen LogP contribution < -0.4 is 5.32 Å². The zero-order valence-electron chi connectivity index (χ0n) is 15.0. The van der Waals surface area contributed by atoms with Crippen LogP contribution in [0.3, 0.4) is 0 Å². The molecular weight excluding hydrogens is 338 g/mol. The topological polar surface area (TPSA) is 128 Å². The molecule has 1 fully saturated rings. The molecule has 0 radical (unpaired) electrons. The summed E-state index contributed by atoms with van der Waals surface area (Å²) in [5.41, 5.74) is 8.76. The molecule has 26 heavy (non-hydrogen) atoms. The average Bonchev–Trinajstić information content (AvgIpc) is 2.89. The quantitative estimate of drug-likeness (QED) is 0.482. The lowest BCUT2D eigenvalue weighted by Gasteiger charge is -2.28. The number of hydrogen-bond donors (Lipinski definition) is 2. The van der Waals surface area contributed by atoms with Crippen LogP contribution in [0.25, 0.3) is 10.4 Å². The molecule has 0 bridgehead atoms. The van der Waals surface area contributed by atoms with E-state index in [-0.39, 0.29) is 13.1 Å². The Morgan fingerprint density at radius 1 is 1.38 bits per heavy atom. The standard InChI is InChI=1S/C17H23N5O4/c1-17(2,3)26-16(25)22-10-12(20-21-18)14(23)13(22)15(24)19-9-11-7-5-4-6-8-11/h4-8,12-14,23H,9-10H2,1-3H3,(H,19,24)/t12-,13+,14+/m1/s1. The molecule has 140 valence electrons. The summed E-state index contributed by atoms with van der Waals surface area (Å²) in [7, 11) is 0. The van der Waals surface area contributed by atoms with Crippen LogP contribution in [0.4, 0.5) is 4.79 Å². The van der Waals surface area contributed by atoms with Gasteiger partial charge < -0.3 is 15.2 Å². The van der Waals surface area contributed by atoms with Gasteiger partial charge in [-0.2, -0.15) is 0 Å². The Morgan fingerprint density at radius 3 is 2.62 bits per heavy atom. The molecule has 2 amide bonds. The van der Waals surface area contributed by atoms with E-state index in [4.69, 9.17) is 10.3 Å². The molecule has 9 heteroatoms. The number of azide groups is 1. The fourth-order valence-corrected chi connectivity index (χ4v) is 2.68. The Kier molecular flexibility index (Phi) is 6.07. The molecule has 1 aromatic carbocycles. The molecule has 2 rings (SSSR count). The fraction of sp³-hybridized carbons (Fsp3) is 0.529. The highest BCUT2D eigenvalue weighted by atomic mass is 16.6. The van der Waals surface area contributed by atoms with E-state index in [0.717, 1.165) is 10.5 Å². The first-order chi connectivity index (χ1) is 12.2. The van der Waals surface area contributed by atoms with Crippen molar-refractivity contribution < 1.29 is 19.4 Å². The summed E-state index contributed by atoms with van der Waals surface area (Å²) in [4.78, 5) is 28.8. The maximum Gasteiger partial charge on any atom is 0.411 e. The number of ether oxygens (including phenoxy) is 1. The number of aliphatic hydroxyl groups excluding tert-OH is 1. The molecular formula is C17H23N5O4. The van der Waals surface area contributed by atoms with Crippen LogP contribution in [0, 0.1) is 0 Å². The van der Waals surface area contributed by atoms with E-state index >= 15 is 0 Å². The van der Waals surface area contributed by atoms with E-state index < -0.39 is 35.8 Å². The molecule has 9 nitrogen and oxygen atoms in total. The van der Waals surface area contributed by atoms with Crippen LogP contribution in [0.5, 0.6) is 0 Å². The fourth-order valence-electron chi connectivity index (χ4n) is 2.68. The number of carbonyl (C=O) groups is 2. The third-order valence-corrected chi connectivity index (χ3v) is 3.84. The zero-order chi connectivity index (χ0) is 19.3. The summed E-state index contributed by atoms with van der Waals surface area (Å²) in [6.07, 6.45) is -2.05. The number of rotatable bonds is 4. The molecule has 0 aliphatic carbocycles. The van der Waals surface area contributed by atoms with Gasteiger partial charge in [-0.3, -0.25) is 9.69 Å². The largest absolute Gasteiger partial charge is 0.444 e. The van der Waals surface area contributed by atoms with Gasteiger partial charge in [-0.1, -0.05) is 35.4 Å². The highest BCUT2D eigenvalue weighted by Crippen LogP contribution is 2.24. The highest BCUT2D eigenvalue weighted by molar-refractivity contribution is 5.87. The van der Waals surface area contributed by atoms with E-state index in [1.165, 1.54) is 0 Å². The van der Waals surface area contributed by atoms with Gasteiger partial charge in [0.2, 0.25) is 5.91 Å². The Labute approximate surface area is 151 Å². The lowest BCUT2D eigenvalue weighted by Crippen LogP contribution is -2.51. The van der Waals surface area contributed by atoms with E-state index in [1.807, 2.05) is 30.3 Å². The van der Waals surface area contributed by atoms with E-state index in [2.05, 4.69) is 15.3 Å². The first-order valence-electron chi connectivity index (χ1n) is 8.26. The molecule has 0 unspecified atom stereocenters. The SMILES string of the molecule is CC(C)(C)OC(=O)N1C[C@@H](N=[N+]=[N-])[C@H](O)[C@H]1C(=O)NCc1ccccc1. The van der Waals surface area contributed by atoms with Gasteiger partial charge in [0.15, 0.2) is 0 Å². The van der Waals surface area contributed by atoms with Crippen molar-refractivity contribution in [2.75, 3.05) is 6.54 Å². The number of likely N-dealkylation sites (tertiary alicyclic amines) is 1. The monoisotopic (exact) mass is 361 g/mol. The van der Waals surface area contributed by atoms with Crippen LogP contribution in [-0.2, 0) is 16.1 Å². The molecule has 1 aliphatic heterocycles. The van der Waals surface area contributed by atoms with Crippen molar-refractivity contribution in [3.05, 3.63) is 46.3 Å². The molecule has 0 aromatic heterocycles. The summed E-state index contributed by atoms with van der Waals surface area (Å²) in [6.45, 7) is 5.26. The number of nitrogens with one attached hydrogen (secondary N) is 1. The lowest BCUT2D eigenvalue weighted by molar-refractivity contribution is -0.128. The van der Waals surface area contributed by atoms with Gasteiger partial charge in [-0.25, -0.2) is 4.79 Å². The number of hydrogen-bond acceptors (Lipinski definition) is 5. The highest BCUT2D eigenvalue weighted by Gasteiger charge is 2.48. The molecule has 2 N–H and O–H groups in total. The van der Waals surface area contributed by atoms with Crippen LogP contribution >= 0.6 is 0 Å². The molecule has 1 aromatic rings. The van der Waals surface area contributed by atoms with Crippen molar-refractivity contribution in [1.82, 2.24) is 10.2 Å². The van der Waals surface area contributed by atoms with E-state index in [1.54, 1.807) is 20.8 Å². The number of nitrogens with zero attached hydrogens (tertiary/aromatic N) is 4. The number of amides is 2. The summed E-state index contributed by atoms with van der Waals surface area (Å²) in [5.74, 6) is -0.539. The van der Waals surface area contributed by atoms with Gasteiger partial charge in [-0.05, 0) is 31.9 Å². The van der Waals surface area contributed by atoms with Crippen LogP contribution in [0.1, 0.15) is 26.3 Å². The van der Waals surface area contributed by atoms with E-state index in [9.17, 15) is 14.7 Å². The molecule has 1 aliphatic rings. The number of benzene rings is 1. The first-order valence-corrected chi connectivity index (χ1v) is 8.26. The Balaban J connectivity index is 2.15. The summed E-state index contributed by atoms with van der Waals surface area (Å²) in [6, 6.07) is 7.14. The Bertz CT molecular complexity index is 697. The van der Waals surface area contributed by atoms with Gasteiger partial charge in [0.05, 0.1) is 12.1 Å². The molecule has 0 saturated carbocycles. The molecule has 0 spiro atoms. The maximum absolute atomic E-state index is 12.6. The van der Waals surface area contributed by atoms with Crippen molar-refractivity contribution >= 4 is 12.0 Å². The second-order valence-corrected chi connectivity index (χ2v) is 7.04. The number of carbonyl (C=O) groups excluding carboxylic acids is 2. The predicted molar refractivity (Wildman–Crippen MR) is 94.0 cm³/mol. The third kappa shape index (κ3) is 4.87. The van der Waals surface area contributed by atoms with Crippen molar-refractivity contribution in [3.8, 4) is 0 Å². The van der Waals surface area contributed by atoms with Crippen molar-refractivity contribution in [3.63, 3.8) is 0 Å². The normalized spacial score (nSPS) is 22.5. The summed E-state index contributed by atoms with van der Waals surface area (Å²) >= 11 is 0. The van der Waals surface area contributed by atoms with Gasteiger partial charge in [-0.15, -0.1) is 0 Å². The van der Waals surface area contributed by atoms with Crippen LogP contribution in [0.15, 0.2) is 35.4 Å². The second-order valence-electron chi connectivity index (χ2n) is 7.04. The van der Waals surface area contributed by atoms with Gasteiger partial charge in [0.1, 0.15) is 11.6 Å². The van der Waals surface area contributed by atoms with Gasteiger partial charge in [0, 0.05) is 18.0 Å². The molecule has 1 saturated heterocycles. The molecule has 1 heterocycles. The third-order valence-electron chi connectivity index (χ3n) is 3.84. The van der Waals surface area contributed by atoms with Crippen molar-refractivity contribution in [1.29, 1.82) is 0 Å². The number of aliphatic hydroxyl groups is 1. The van der Waals surface area contributed by atoms with E-state index in [0.29, 0.717) is 0 Å².